The zero-order valence-corrected chi connectivity index (χ0v) is 28.0. The maximum atomic E-state index is 6.45. The van der Waals surface area contributed by atoms with Crippen LogP contribution in [0.1, 0.15) is 45.5 Å². The second-order valence-electron chi connectivity index (χ2n) is 13.0. The van der Waals surface area contributed by atoms with Crippen LogP contribution in [0.5, 0.6) is 11.5 Å². The molecule has 240 valence electrons. The van der Waals surface area contributed by atoms with Gasteiger partial charge in [-0.1, -0.05) is 109 Å². The maximum Gasteiger partial charge on any atom is 0.148 e. The first-order chi connectivity index (χ1) is 24.6. The van der Waals surface area contributed by atoms with Crippen LogP contribution in [0.2, 0.25) is 0 Å². The molecule has 2 aromatic heterocycles. The molecule has 9 rings (SSSR count). The summed E-state index contributed by atoms with van der Waals surface area (Å²) in [6, 6.07) is 43.1. The Morgan fingerprint density at radius 3 is 1.28 bits per heavy atom. The smallest absolute Gasteiger partial charge is 0.148 e. The van der Waals surface area contributed by atoms with Crippen molar-refractivity contribution in [2.24, 2.45) is 14.1 Å². The van der Waals surface area contributed by atoms with Crippen LogP contribution in [0.3, 0.4) is 0 Å². The Morgan fingerprint density at radius 1 is 0.480 bits per heavy atom. The summed E-state index contributed by atoms with van der Waals surface area (Å²) in [5.74, 6) is 6.65. The van der Waals surface area contributed by atoms with Crippen LogP contribution in [0.15, 0.2) is 121 Å². The minimum absolute atomic E-state index is 0.177. The van der Waals surface area contributed by atoms with Gasteiger partial charge in [0.05, 0.1) is 11.8 Å². The van der Waals surface area contributed by atoms with Gasteiger partial charge in [0, 0.05) is 58.4 Å². The van der Waals surface area contributed by atoms with Gasteiger partial charge in [-0.15, -0.1) is 12.8 Å². The fourth-order valence-electron chi connectivity index (χ4n) is 8.66. The molecule has 0 spiro atoms. The van der Waals surface area contributed by atoms with E-state index in [0.29, 0.717) is 0 Å². The highest BCUT2D eigenvalue weighted by Gasteiger charge is 2.44. The predicted molar refractivity (Wildman–Crippen MR) is 204 cm³/mol. The average molecular weight is 647 g/mol. The molecule has 4 heteroatoms. The molecule has 0 fully saturated rings. The standard InChI is InChI=1S/C46H34N2O2/c1-5-27-49-37-25-23-29-15-7-9-17-31(29)39(37)43-41-33-19-11-13-21-35(33)48(4)46(41)44(42-34-20-12-14-22-36(34)47(3)45(42)43)40-32-18-10-8-16-30(32)24-26-38(40)50-28-6-2/h1-2,7-26,43-44H,27-28H2,3-4H3. The van der Waals surface area contributed by atoms with Gasteiger partial charge in [0.2, 0.25) is 0 Å². The number of fused-ring (bicyclic) bond motifs is 8. The molecular formula is C46H34N2O2. The SMILES string of the molecule is C#CCOc1ccc2ccccc2c1C1c2c(n(C)c3ccccc23)C(c2c(OCC#C)ccc3ccccc23)c2c1n(C)c1ccccc21. The first-order valence-corrected chi connectivity index (χ1v) is 16.9. The van der Waals surface area contributed by atoms with Crippen LogP contribution >= 0.6 is 0 Å². The lowest BCUT2D eigenvalue weighted by Gasteiger charge is -2.35. The molecule has 6 aromatic carbocycles. The van der Waals surface area contributed by atoms with E-state index >= 15 is 0 Å². The zero-order chi connectivity index (χ0) is 33.9. The Morgan fingerprint density at radius 2 is 0.860 bits per heavy atom. The van der Waals surface area contributed by atoms with Gasteiger partial charge >= 0.3 is 0 Å². The van der Waals surface area contributed by atoms with E-state index in [4.69, 9.17) is 22.3 Å². The Bertz CT molecular complexity index is 2540. The molecule has 0 saturated carbocycles. The Labute approximate surface area is 291 Å². The summed E-state index contributed by atoms with van der Waals surface area (Å²) in [6.07, 6.45) is 11.6. The van der Waals surface area contributed by atoms with E-state index in [2.05, 4.69) is 156 Å². The van der Waals surface area contributed by atoms with Crippen molar-refractivity contribution in [3.63, 3.8) is 0 Å². The monoisotopic (exact) mass is 646 g/mol. The number of aryl methyl sites for hydroxylation is 2. The second-order valence-corrected chi connectivity index (χ2v) is 13.0. The largest absolute Gasteiger partial charge is 0.481 e. The molecule has 8 aromatic rings. The van der Waals surface area contributed by atoms with E-state index in [-0.39, 0.29) is 25.0 Å². The van der Waals surface area contributed by atoms with Crippen molar-refractivity contribution in [3.05, 3.63) is 155 Å². The van der Waals surface area contributed by atoms with Gasteiger partial charge < -0.3 is 18.6 Å². The Balaban J connectivity index is 1.50. The van der Waals surface area contributed by atoms with Crippen molar-refractivity contribution in [2.75, 3.05) is 13.2 Å². The number of benzene rings is 6. The molecule has 0 amide bonds. The van der Waals surface area contributed by atoms with E-state index in [0.717, 1.165) is 44.2 Å². The topological polar surface area (TPSA) is 28.3 Å². The molecule has 0 saturated heterocycles. The van der Waals surface area contributed by atoms with Crippen molar-refractivity contribution in [1.29, 1.82) is 0 Å². The molecule has 0 aliphatic heterocycles. The van der Waals surface area contributed by atoms with Crippen LogP contribution in [-0.2, 0) is 14.1 Å². The van der Waals surface area contributed by atoms with Crippen LogP contribution in [0.4, 0.5) is 0 Å². The third-order valence-corrected chi connectivity index (χ3v) is 10.6. The molecule has 0 bridgehead atoms. The van der Waals surface area contributed by atoms with E-state index in [1.807, 2.05) is 0 Å². The molecule has 1 aliphatic carbocycles. The molecule has 2 unspecified atom stereocenters. The van der Waals surface area contributed by atoms with Crippen LogP contribution in [0, 0.1) is 24.7 Å². The van der Waals surface area contributed by atoms with Crippen molar-refractivity contribution in [1.82, 2.24) is 9.13 Å². The average Bonchev–Trinajstić information content (AvgIpc) is 3.63. The highest BCUT2D eigenvalue weighted by Crippen LogP contribution is 2.58. The van der Waals surface area contributed by atoms with E-state index in [1.54, 1.807) is 0 Å². The van der Waals surface area contributed by atoms with E-state index in [1.165, 1.54) is 44.3 Å². The zero-order valence-electron chi connectivity index (χ0n) is 28.0. The predicted octanol–water partition coefficient (Wildman–Crippen LogP) is 9.67. The molecule has 2 heterocycles. The summed E-state index contributed by atoms with van der Waals surface area (Å²) in [5.41, 5.74) is 9.51. The van der Waals surface area contributed by atoms with Crippen LogP contribution in [0.25, 0.3) is 43.4 Å². The Hall–Kier alpha value is -6.36. The number of hydrogen-bond donors (Lipinski definition) is 0. The summed E-state index contributed by atoms with van der Waals surface area (Å²) in [6.45, 7) is 0.355. The van der Waals surface area contributed by atoms with Crippen molar-refractivity contribution >= 4 is 43.4 Å². The van der Waals surface area contributed by atoms with Crippen molar-refractivity contribution in [2.45, 2.75) is 11.8 Å². The summed E-state index contributed by atoms with van der Waals surface area (Å²) < 4.78 is 17.7. The third-order valence-electron chi connectivity index (χ3n) is 10.6. The second kappa shape index (κ2) is 11.7. The van der Waals surface area contributed by atoms with Crippen LogP contribution < -0.4 is 9.47 Å². The van der Waals surface area contributed by atoms with Gasteiger partial charge in [-0.3, -0.25) is 0 Å². The lowest BCUT2D eigenvalue weighted by molar-refractivity contribution is 0.364. The number of para-hydroxylation sites is 2. The fourth-order valence-corrected chi connectivity index (χ4v) is 8.66. The summed E-state index contributed by atoms with van der Waals surface area (Å²) in [7, 11) is 4.40. The highest BCUT2D eigenvalue weighted by atomic mass is 16.5. The number of nitrogens with zero attached hydrogens (tertiary/aromatic N) is 2. The molecule has 4 nitrogen and oxygen atoms in total. The molecule has 50 heavy (non-hydrogen) atoms. The Kier molecular flexibility index (Phi) is 6.94. The molecular weight excluding hydrogens is 613 g/mol. The number of hydrogen-bond acceptors (Lipinski definition) is 2. The van der Waals surface area contributed by atoms with Crippen molar-refractivity contribution in [3.8, 4) is 36.2 Å². The van der Waals surface area contributed by atoms with Gasteiger partial charge in [-0.05, 0) is 56.9 Å². The number of terminal acetylenes is 2. The van der Waals surface area contributed by atoms with Gasteiger partial charge in [0.25, 0.3) is 0 Å². The molecule has 0 N–H and O–H groups in total. The fraction of sp³-hybridized carbons (Fsp3) is 0.130. The van der Waals surface area contributed by atoms with E-state index in [9.17, 15) is 0 Å². The van der Waals surface area contributed by atoms with Crippen LogP contribution in [-0.4, -0.2) is 22.3 Å². The number of rotatable bonds is 6. The molecule has 2 atom stereocenters. The normalized spacial score (nSPS) is 15.1. The number of aromatic nitrogens is 2. The lowest BCUT2D eigenvalue weighted by atomic mass is 9.70. The maximum absolute atomic E-state index is 6.45. The summed E-state index contributed by atoms with van der Waals surface area (Å²) in [5, 5.41) is 7.00. The van der Waals surface area contributed by atoms with Crippen molar-refractivity contribution < 1.29 is 9.47 Å². The molecule has 1 aliphatic rings. The summed E-state index contributed by atoms with van der Waals surface area (Å²) >= 11 is 0. The minimum atomic E-state index is -0.177. The summed E-state index contributed by atoms with van der Waals surface area (Å²) in [4.78, 5) is 0. The first kappa shape index (κ1) is 29.8. The lowest BCUT2D eigenvalue weighted by Crippen LogP contribution is -2.24. The van der Waals surface area contributed by atoms with Gasteiger partial charge in [-0.25, -0.2) is 0 Å². The third kappa shape index (κ3) is 4.22. The van der Waals surface area contributed by atoms with Gasteiger partial charge in [-0.2, -0.15) is 0 Å². The number of ether oxygens (including phenoxy) is 2. The quantitative estimate of drug-likeness (QED) is 0.168. The minimum Gasteiger partial charge on any atom is -0.481 e. The van der Waals surface area contributed by atoms with E-state index < -0.39 is 0 Å². The van der Waals surface area contributed by atoms with Gasteiger partial charge in [0.15, 0.2) is 0 Å². The highest BCUT2D eigenvalue weighted by molar-refractivity contribution is 5.99. The molecule has 0 radical (unpaired) electrons. The van der Waals surface area contributed by atoms with Gasteiger partial charge in [0.1, 0.15) is 24.7 Å². The first-order valence-electron chi connectivity index (χ1n) is 16.9.